The number of carbonyl (C=O) groups is 2. The topological polar surface area (TPSA) is 89.7 Å². The molecule has 2 aromatic heterocycles. The lowest BCUT2D eigenvalue weighted by Gasteiger charge is -2.24. The molecule has 0 spiro atoms. The number of rotatable bonds is 3. The van der Waals surface area contributed by atoms with E-state index in [0.717, 1.165) is 5.56 Å². The molecule has 7 heteroatoms. The average molecular weight is 426 g/mol. The van der Waals surface area contributed by atoms with Gasteiger partial charge in [-0.3, -0.25) is 14.5 Å². The summed E-state index contributed by atoms with van der Waals surface area (Å²) in [6.07, 6.45) is 1.62. The number of aryl methyl sites for hydroxylation is 1. The van der Waals surface area contributed by atoms with Gasteiger partial charge in [-0.05, 0) is 54.4 Å². The number of pyridine rings is 1. The number of amides is 1. The van der Waals surface area contributed by atoms with E-state index in [1.807, 2.05) is 13.0 Å². The number of nitrogens with zero attached hydrogens (tertiary/aromatic N) is 2. The maximum Gasteiger partial charge on any atom is 0.337 e. The van der Waals surface area contributed by atoms with Crippen LogP contribution in [-0.2, 0) is 4.74 Å². The summed E-state index contributed by atoms with van der Waals surface area (Å²) in [6, 6.07) is 16.3. The number of fused-ring (bicyclic) bond motifs is 2. The molecule has 5 rings (SSSR count). The van der Waals surface area contributed by atoms with Crippen molar-refractivity contribution in [3.63, 3.8) is 0 Å². The highest BCUT2D eigenvalue weighted by molar-refractivity contribution is 6.10. The van der Waals surface area contributed by atoms with Gasteiger partial charge in [-0.1, -0.05) is 24.3 Å². The van der Waals surface area contributed by atoms with Crippen LogP contribution in [0.1, 0.15) is 43.6 Å². The molecule has 0 fully saturated rings. The zero-order valence-electron chi connectivity index (χ0n) is 17.4. The van der Waals surface area contributed by atoms with E-state index in [4.69, 9.17) is 9.15 Å². The molecule has 3 heterocycles. The van der Waals surface area contributed by atoms with Gasteiger partial charge in [0.15, 0.2) is 5.43 Å². The van der Waals surface area contributed by atoms with Gasteiger partial charge in [0.2, 0.25) is 5.76 Å². The molecule has 1 aliphatic heterocycles. The summed E-state index contributed by atoms with van der Waals surface area (Å²) in [4.78, 5) is 44.7. The van der Waals surface area contributed by atoms with Crippen LogP contribution < -0.4 is 10.3 Å². The fourth-order valence-electron chi connectivity index (χ4n) is 4.04. The van der Waals surface area contributed by atoms with E-state index in [1.54, 1.807) is 60.8 Å². The fraction of sp³-hybridized carbons (Fsp3) is 0.120. The van der Waals surface area contributed by atoms with Gasteiger partial charge in [0.25, 0.3) is 5.91 Å². The predicted molar refractivity (Wildman–Crippen MR) is 118 cm³/mol. The first-order valence-electron chi connectivity index (χ1n) is 10.00. The standard InChI is InChI=1S/C25H18N2O5/c1-14-11-12-26-19(13-14)27-21(15-7-9-16(10-8-15)25(30)31-2)20-22(28)17-5-3-4-6-18(17)32-23(20)24(27)29/h3-13,21H,1-2H3. The minimum atomic E-state index is -0.751. The number of aromatic nitrogens is 1. The van der Waals surface area contributed by atoms with Crippen molar-refractivity contribution in [2.75, 3.05) is 12.0 Å². The van der Waals surface area contributed by atoms with Crippen LogP contribution in [-0.4, -0.2) is 24.0 Å². The number of para-hydroxylation sites is 1. The van der Waals surface area contributed by atoms with Gasteiger partial charge < -0.3 is 9.15 Å². The number of anilines is 1. The molecule has 158 valence electrons. The molecule has 1 unspecified atom stereocenters. The van der Waals surface area contributed by atoms with E-state index >= 15 is 0 Å². The highest BCUT2D eigenvalue weighted by atomic mass is 16.5. The van der Waals surface area contributed by atoms with Crippen LogP contribution >= 0.6 is 0 Å². The third-order valence-corrected chi connectivity index (χ3v) is 5.57. The summed E-state index contributed by atoms with van der Waals surface area (Å²) >= 11 is 0. The molecule has 1 aliphatic rings. The second-order valence-electron chi connectivity index (χ2n) is 7.55. The molecule has 2 aromatic carbocycles. The summed E-state index contributed by atoms with van der Waals surface area (Å²) in [5.41, 5.74) is 2.27. The molecule has 0 bridgehead atoms. The molecule has 0 N–H and O–H groups in total. The van der Waals surface area contributed by atoms with E-state index in [0.29, 0.717) is 27.9 Å². The Bertz CT molecular complexity index is 1440. The first-order chi connectivity index (χ1) is 15.5. The predicted octanol–water partition coefficient (Wildman–Crippen LogP) is 4.03. The van der Waals surface area contributed by atoms with E-state index < -0.39 is 17.9 Å². The Hall–Kier alpha value is -4.26. The molecule has 1 atom stereocenters. The van der Waals surface area contributed by atoms with Crippen molar-refractivity contribution in [3.05, 3.63) is 105 Å². The van der Waals surface area contributed by atoms with Gasteiger partial charge in [-0.2, -0.15) is 0 Å². The van der Waals surface area contributed by atoms with Crippen LogP contribution in [0.5, 0.6) is 0 Å². The smallest absolute Gasteiger partial charge is 0.337 e. The summed E-state index contributed by atoms with van der Waals surface area (Å²) in [6.45, 7) is 1.90. The lowest BCUT2D eigenvalue weighted by molar-refractivity contribution is 0.0600. The number of carbonyl (C=O) groups excluding carboxylic acids is 2. The molecule has 0 aliphatic carbocycles. The van der Waals surface area contributed by atoms with Gasteiger partial charge in [0, 0.05) is 6.20 Å². The maximum atomic E-state index is 13.5. The fourth-order valence-corrected chi connectivity index (χ4v) is 4.04. The number of ether oxygens (including phenoxy) is 1. The quantitative estimate of drug-likeness (QED) is 0.460. The summed E-state index contributed by atoms with van der Waals surface area (Å²) < 4.78 is 10.7. The van der Waals surface area contributed by atoms with Crippen LogP contribution in [0.15, 0.2) is 76.1 Å². The molecule has 7 nitrogen and oxygen atoms in total. The monoisotopic (exact) mass is 426 g/mol. The average Bonchev–Trinajstić information content (AvgIpc) is 3.11. The first-order valence-corrected chi connectivity index (χ1v) is 10.00. The van der Waals surface area contributed by atoms with Gasteiger partial charge >= 0.3 is 5.97 Å². The minimum Gasteiger partial charge on any atom is -0.465 e. The number of benzene rings is 2. The second kappa shape index (κ2) is 7.46. The van der Waals surface area contributed by atoms with E-state index in [9.17, 15) is 14.4 Å². The van der Waals surface area contributed by atoms with Crippen molar-refractivity contribution in [2.45, 2.75) is 13.0 Å². The SMILES string of the molecule is COC(=O)c1ccc(C2c3c(oc4ccccc4c3=O)C(=O)N2c2cc(C)ccn2)cc1. The van der Waals surface area contributed by atoms with Crippen molar-refractivity contribution in [1.82, 2.24) is 4.98 Å². The van der Waals surface area contributed by atoms with Crippen molar-refractivity contribution < 1.29 is 18.7 Å². The van der Waals surface area contributed by atoms with Gasteiger partial charge in [-0.15, -0.1) is 0 Å². The molecule has 0 saturated heterocycles. The molecular formula is C25H18N2O5. The van der Waals surface area contributed by atoms with E-state index in [1.165, 1.54) is 12.0 Å². The van der Waals surface area contributed by atoms with Crippen molar-refractivity contribution in [2.24, 2.45) is 0 Å². The zero-order valence-corrected chi connectivity index (χ0v) is 17.4. The molecular weight excluding hydrogens is 408 g/mol. The second-order valence-corrected chi connectivity index (χ2v) is 7.55. The van der Waals surface area contributed by atoms with Gasteiger partial charge in [0.1, 0.15) is 11.4 Å². The summed E-state index contributed by atoms with van der Waals surface area (Å²) in [5.74, 6) is -0.504. The first kappa shape index (κ1) is 19.7. The Morgan fingerprint density at radius 2 is 1.81 bits per heavy atom. The highest BCUT2D eigenvalue weighted by Gasteiger charge is 2.44. The van der Waals surface area contributed by atoms with Crippen LogP contribution in [0.2, 0.25) is 0 Å². The van der Waals surface area contributed by atoms with Crippen LogP contribution in [0.4, 0.5) is 5.82 Å². The molecule has 4 aromatic rings. The summed E-state index contributed by atoms with van der Waals surface area (Å²) in [7, 11) is 1.31. The van der Waals surface area contributed by atoms with E-state index in [-0.39, 0.29) is 16.8 Å². The molecule has 32 heavy (non-hydrogen) atoms. The third kappa shape index (κ3) is 2.98. The number of hydrogen-bond donors (Lipinski definition) is 0. The Morgan fingerprint density at radius 1 is 1.06 bits per heavy atom. The lowest BCUT2D eigenvalue weighted by atomic mass is 9.97. The molecule has 0 saturated carbocycles. The Balaban J connectivity index is 1.76. The van der Waals surface area contributed by atoms with Gasteiger partial charge in [0.05, 0.1) is 29.7 Å². The van der Waals surface area contributed by atoms with Crippen LogP contribution in [0.25, 0.3) is 11.0 Å². The van der Waals surface area contributed by atoms with E-state index in [2.05, 4.69) is 4.98 Å². The van der Waals surface area contributed by atoms with Gasteiger partial charge in [-0.25, -0.2) is 9.78 Å². The Labute approximate surface area is 182 Å². The van der Waals surface area contributed by atoms with Crippen molar-refractivity contribution in [1.29, 1.82) is 0 Å². The highest BCUT2D eigenvalue weighted by Crippen LogP contribution is 2.40. The third-order valence-electron chi connectivity index (χ3n) is 5.57. The number of esters is 1. The molecule has 0 radical (unpaired) electrons. The summed E-state index contributed by atoms with van der Waals surface area (Å²) in [5, 5.41) is 0.397. The lowest BCUT2D eigenvalue weighted by Crippen LogP contribution is -2.30. The number of hydrogen-bond acceptors (Lipinski definition) is 6. The van der Waals surface area contributed by atoms with Crippen LogP contribution in [0.3, 0.4) is 0 Å². The van der Waals surface area contributed by atoms with Crippen molar-refractivity contribution >= 4 is 28.7 Å². The number of methoxy groups -OCH3 is 1. The Kier molecular flexibility index (Phi) is 4.59. The minimum absolute atomic E-state index is 0.000879. The van der Waals surface area contributed by atoms with Crippen molar-refractivity contribution in [3.8, 4) is 0 Å². The normalized spacial score (nSPS) is 15.1. The van der Waals surface area contributed by atoms with Crippen LogP contribution in [0, 0.1) is 6.92 Å². The largest absolute Gasteiger partial charge is 0.465 e. The molecule has 1 amide bonds. The zero-order chi connectivity index (χ0) is 22.4. The maximum absolute atomic E-state index is 13.5. The Morgan fingerprint density at radius 3 is 2.53 bits per heavy atom.